The van der Waals surface area contributed by atoms with Gasteiger partial charge >= 0.3 is 6.18 Å². The number of fused-ring (bicyclic) bond motifs is 1. The number of benzene rings is 2. The van der Waals surface area contributed by atoms with E-state index in [2.05, 4.69) is 15.3 Å². The Kier molecular flexibility index (Phi) is 7.04. The Morgan fingerprint density at radius 1 is 1.05 bits per heavy atom. The molecule has 1 N–H and O–H groups in total. The van der Waals surface area contributed by atoms with Crippen molar-refractivity contribution in [1.82, 2.24) is 14.7 Å². The summed E-state index contributed by atoms with van der Waals surface area (Å²) < 4.78 is 53.9. The standard InChI is InChI=1S/C26H27ClF3N5O3/c1-37-21-8-7-16(13-22(21)38-2)19-14-23(26(28,29)30)35-24(32-19)17(15-31-35)25(36)34-11-9-33(10-12-34)20-6-4-3-5-18(20)27/h3-8,13,15,19,23,32H,9-12,14H2,1-2H3. The second-order valence-corrected chi connectivity index (χ2v) is 9.59. The second-order valence-electron chi connectivity index (χ2n) is 9.19. The zero-order valence-electron chi connectivity index (χ0n) is 20.8. The van der Waals surface area contributed by atoms with Gasteiger partial charge in [-0.3, -0.25) is 4.79 Å². The van der Waals surface area contributed by atoms with Crippen molar-refractivity contribution in [3.8, 4) is 11.5 Å². The van der Waals surface area contributed by atoms with Crippen LogP contribution in [0.25, 0.3) is 0 Å². The first-order chi connectivity index (χ1) is 18.2. The smallest absolute Gasteiger partial charge is 0.410 e. The minimum atomic E-state index is -4.56. The number of nitrogens with one attached hydrogen (secondary N) is 1. The third kappa shape index (κ3) is 4.82. The van der Waals surface area contributed by atoms with E-state index in [4.69, 9.17) is 21.1 Å². The molecule has 1 aromatic heterocycles. The molecule has 1 fully saturated rings. The lowest BCUT2D eigenvalue weighted by atomic mass is 9.96. The summed E-state index contributed by atoms with van der Waals surface area (Å²) in [6, 6.07) is 9.84. The number of alkyl halides is 3. The van der Waals surface area contributed by atoms with Gasteiger partial charge in [-0.25, -0.2) is 4.68 Å². The van der Waals surface area contributed by atoms with E-state index >= 15 is 0 Å². The monoisotopic (exact) mass is 549 g/mol. The third-order valence-corrected chi connectivity index (χ3v) is 7.36. The Morgan fingerprint density at radius 2 is 1.76 bits per heavy atom. The number of piperazine rings is 1. The Hall–Kier alpha value is -3.60. The predicted molar refractivity (Wildman–Crippen MR) is 137 cm³/mol. The quantitative estimate of drug-likeness (QED) is 0.473. The van der Waals surface area contributed by atoms with Crippen molar-refractivity contribution in [3.63, 3.8) is 0 Å². The molecule has 8 nitrogen and oxygen atoms in total. The summed E-state index contributed by atoms with van der Waals surface area (Å²) >= 11 is 6.32. The molecular weight excluding hydrogens is 523 g/mol. The van der Waals surface area contributed by atoms with Gasteiger partial charge in [0.05, 0.1) is 37.2 Å². The fourth-order valence-electron chi connectivity index (χ4n) is 5.04. The summed E-state index contributed by atoms with van der Waals surface area (Å²) in [4.78, 5) is 17.2. The van der Waals surface area contributed by atoms with Gasteiger partial charge < -0.3 is 24.6 Å². The molecule has 202 valence electrons. The van der Waals surface area contributed by atoms with Crippen LogP contribution in [0.4, 0.5) is 24.7 Å². The summed E-state index contributed by atoms with van der Waals surface area (Å²) in [6.07, 6.45) is -3.63. The van der Waals surface area contributed by atoms with Crippen molar-refractivity contribution in [2.45, 2.75) is 24.7 Å². The van der Waals surface area contributed by atoms with E-state index in [1.807, 2.05) is 24.3 Å². The van der Waals surface area contributed by atoms with E-state index in [1.54, 1.807) is 23.1 Å². The second kappa shape index (κ2) is 10.3. The van der Waals surface area contributed by atoms with Crippen LogP contribution in [-0.2, 0) is 0 Å². The van der Waals surface area contributed by atoms with Gasteiger partial charge in [-0.05, 0) is 29.8 Å². The van der Waals surface area contributed by atoms with Crippen LogP contribution in [-0.4, -0.2) is 67.2 Å². The predicted octanol–water partition coefficient (Wildman–Crippen LogP) is 5.18. The first-order valence-corrected chi connectivity index (χ1v) is 12.5. The maximum atomic E-state index is 14.1. The maximum Gasteiger partial charge on any atom is 0.410 e. The average molecular weight is 550 g/mol. The van der Waals surface area contributed by atoms with Crippen LogP contribution < -0.4 is 19.7 Å². The highest BCUT2D eigenvalue weighted by Crippen LogP contribution is 2.45. The van der Waals surface area contributed by atoms with Gasteiger partial charge in [-0.15, -0.1) is 0 Å². The van der Waals surface area contributed by atoms with Gasteiger partial charge in [0, 0.05) is 32.6 Å². The SMILES string of the molecule is COc1ccc(C2CC(C(F)(F)F)n3ncc(C(=O)N4CCN(c5ccccc5Cl)CC4)c3N2)cc1OC. The highest BCUT2D eigenvalue weighted by molar-refractivity contribution is 6.33. The highest BCUT2D eigenvalue weighted by atomic mass is 35.5. The Bertz CT molecular complexity index is 1320. The average Bonchev–Trinajstić information content (AvgIpc) is 3.35. The summed E-state index contributed by atoms with van der Waals surface area (Å²) in [5.74, 6) is 0.557. The molecule has 12 heteroatoms. The van der Waals surface area contributed by atoms with E-state index in [0.717, 1.165) is 10.4 Å². The number of halogens is 4. The van der Waals surface area contributed by atoms with E-state index in [1.165, 1.54) is 20.4 Å². The molecule has 5 rings (SSSR count). The molecule has 2 aromatic carbocycles. The van der Waals surface area contributed by atoms with E-state index in [-0.39, 0.29) is 23.7 Å². The largest absolute Gasteiger partial charge is 0.493 e. The van der Waals surface area contributed by atoms with Crippen LogP contribution in [0.5, 0.6) is 11.5 Å². The number of amides is 1. The first-order valence-electron chi connectivity index (χ1n) is 12.1. The van der Waals surface area contributed by atoms with Crippen LogP contribution >= 0.6 is 11.6 Å². The molecule has 0 aliphatic carbocycles. The number of aromatic nitrogens is 2. The van der Waals surface area contributed by atoms with E-state index in [9.17, 15) is 18.0 Å². The molecule has 0 spiro atoms. The van der Waals surface area contributed by atoms with Crippen LogP contribution in [0.1, 0.15) is 34.4 Å². The van der Waals surface area contributed by atoms with Crippen molar-refractivity contribution in [3.05, 3.63) is 64.8 Å². The molecule has 0 saturated carbocycles. The van der Waals surface area contributed by atoms with Gasteiger partial charge in [0.15, 0.2) is 17.5 Å². The minimum absolute atomic E-state index is 0.0527. The molecule has 2 aliphatic heterocycles. The number of carbonyl (C=O) groups is 1. The molecule has 2 unspecified atom stereocenters. The lowest BCUT2D eigenvalue weighted by Gasteiger charge is -2.37. The summed E-state index contributed by atoms with van der Waals surface area (Å²) in [5, 5.41) is 7.77. The van der Waals surface area contributed by atoms with Crippen molar-refractivity contribution >= 4 is 29.0 Å². The summed E-state index contributed by atoms with van der Waals surface area (Å²) in [7, 11) is 2.95. The summed E-state index contributed by atoms with van der Waals surface area (Å²) in [6.45, 7) is 1.89. The number of nitrogens with zero attached hydrogens (tertiary/aromatic N) is 4. The van der Waals surface area contributed by atoms with Gasteiger partial charge in [-0.1, -0.05) is 29.8 Å². The van der Waals surface area contributed by atoms with Crippen LogP contribution in [0.3, 0.4) is 0 Å². The molecule has 3 heterocycles. The number of hydrogen-bond acceptors (Lipinski definition) is 6. The Balaban J connectivity index is 1.40. The number of rotatable bonds is 5. The van der Waals surface area contributed by atoms with Gasteiger partial charge in [-0.2, -0.15) is 18.3 Å². The Labute approximate surface area is 222 Å². The molecule has 0 bridgehead atoms. The zero-order valence-corrected chi connectivity index (χ0v) is 21.6. The Morgan fingerprint density at radius 3 is 2.42 bits per heavy atom. The molecule has 1 saturated heterocycles. The summed E-state index contributed by atoms with van der Waals surface area (Å²) in [5.41, 5.74) is 1.57. The number of carbonyl (C=O) groups excluding carboxylic acids is 1. The van der Waals surface area contributed by atoms with E-state index in [0.29, 0.717) is 48.3 Å². The minimum Gasteiger partial charge on any atom is -0.493 e. The van der Waals surface area contributed by atoms with E-state index < -0.39 is 18.3 Å². The number of para-hydroxylation sites is 1. The zero-order chi connectivity index (χ0) is 27.0. The van der Waals surface area contributed by atoms with Gasteiger partial charge in [0.2, 0.25) is 0 Å². The van der Waals surface area contributed by atoms with Crippen molar-refractivity contribution in [1.29, 1.82) is 0 Å². The number of ether oxygens (including phenoxy) is 2. The maximum absolute atomic E-state index is 14.1. The fourth-order valence-corrected chi connectivity index (χ4v) is 5.29. The molecule has 2 aliphatic rings. The van der Waals surface area contributed by atoms with Crippen molar-refractivity contribution in [2.75, 3.05) is 50.6 Å². The third-order valence-electron chi connectivity index (χ3n) is 7.04. The van der Waals surface area contributed by atoms with Crippen LogP contribution in [0.2, 0.25) is 5.02 Å². The highest BCUT2D eigenvalue weighted by Gasteiger charge is 2.47. The van der Waals surface area contributed by atoms with Crippen molar-refractivity contribution < 1.29 is 27.4 Å². The molecule has 38 heavy (non-hydrogen) atoms. The van der Waals surface area contributed by atoms with Crippen LogP contribution in [0.15, 0.2) is 48.7 Å². The first kappa shape index (κ1) is 26.0. The molecular formula is C26H27ClF3N5O3. The normalized spacial score (nSPS) is 19.5. The number of methoxy groups -OCH3 is 2. The topological polar surface area (TPSA) is 71.9 Å². The lowest BCUT2D eigenvalue weighted by molar-refractivity contribution is -0.173. The number of hydrogen-bond donors (Lipinski definition) is 1. The molecule has 0 radical (unpaired) electrons. The van der Waals surface area contributed by atoms with Gasteiger partial charge in [0.1, 0.15) is 11.4 Å². The van der Waals surface area contributed by atoms with Crippen molar-refractivity contribution in [2.24, 2.45) is 0 Å². The molecule has 3 aromatic rings. The fraction of sp³-hybridized carbons (Fsp3) is 0.385. The number of anilines is 2. The lowest BCUT2D eigenvalue weighted by Crippen LogP contribution is -2.49. The van der Waals surface area contributed by atoms with Crippen LogP contribution in [0, 0.1) is 0 Å². The molecule has 2 atom stereocenters. The molecule has 1 amide bonds. The van der Waals surface area contributed by atoms with Gasteiger partial charge in [0.25, 0.3) is 5.91 Å².